The van der Waals surface area contributed by atoms with Gasteiger partial charge in [0, 0.05) is 36.9 Å². The lowest BCUT2D eigenvalue weighted by Gasteiger charge is -2.10. The van der Waals surface area contributed by atoms with E-state index < -0.39 is 54.4 Å². The Morgan fingerprint density at radius 1 is 0.367 bits per heavy atom. The van der Waals surface area contributed by atoms with E-state index in [1.165, 1.54) is 0 Å². The smallest absolute Gasteiger partial charge is 0.164 e. The molecule has 230 valence electrons. The van der Waals surface area contributed by atoms with E-state index in [0.717, 1.165) is 33.6 Å². The van der Waals surface area contributed by atoms with Crippen molar-refractivity contribution >= 4 is 31.5 Å². The van der Waals surface area contributed by atoms with Crippen LogP contribution in [0.25, 0.3) is 87.7 Å². The Hall–Kier alpha value is -6.23. The number of fused-ring (bicyclic) bond motifs is 3. The van der Waals surface area contributed by atoms with Gasteiger partial charge in [0.05, 0.1) is 15.1 Å². The summed E-state index contributed by atoms with van der Waals surface area (Å²) in [6.07, 6.45) is 0. The van der Waals surface area contributed by atoms with Gasteiger partial charge in [0.15, 0.2) is 17.5 Å². The second kappa shape index (κ2) is 12.4. The summed E-state index contributed by atoms with van der Waals surface area (Å²) in [5.41, 5.74) is 4.46. The number of hydrogen-bond donors (Lipinski definition) is 0. The summed E-state index contributed by atoms with van der Waals surface area (Å²) in [4.78, 5) is 14.1. The molecule has 0 aliphatic rings. The summed E-state index contributed by atoms with van der Waals surface area (Å²) < 4.78 is 97.3. The molecule has 0 aliphatic carbocycles. The highest BCUT2D eigenvalue weighted by atomic mass is 32.1. The van der Waals surface area contributed by atoms with Crippen molar-refractivity contribution in [2.75, 3.05) is 0 Å². The van der Waals surface area contributed by atoms with Crippen LogP contribution >= 0.6 is 11.3 Å². The zero-order valence-electron chi connectivity index (χ0n) is 36.6. The lowest BCUT2D eigenvalue weighted by Crippen LogP contribution is -2.00. The molecule has 9 aromatic rings. The summed E-state index contributed by atoms with van der Waals surface area (Å²) in [7, 11) is 0. The second-order valence-corrected chi connectivity index (χ2v) is 12.2. The molecule has 0 fully saturated rings. The Kier molecular flexibility index (Phi) is 4.96. The van der Waals surface area contributed by atoms with Crippen LogP contribution in [0.1, 0.15) is 15.1 Å². The van der Waals surface area contributed by atoms with Gasteiger partial charge >= 0.3 is 0 Å². The van der Waals surface area contributed by atoms with Crippen LogP contribution in [0.2, 0.25) is 0 Å². The number of thiophene rings is 1. The topological polar surface area (TPSA) is 38.7 Å². The Balaban J connectivity index is 1.19. The van der Waals surface area contributed by atoms with Gasteiger partial charge in [-0.1, -0.05) is 158 Å². The average molecular weight is 655 g/mol. The third kappa shape index (κ3) is 5.69. The maximum Gasteiger partial charge on any atom is 0.164 e. The van der Waals surface area contributed by atoms with Crippen LogP contribution in [0, 0.1) is 0 Å². The molecule has 0 bridgehead atoms. The molecule has 0 radical (unpaired) electrons. The molecule has 0 unspecified atom stereocenters. The highest BCUT2D eigenvalue weighted by molar-refractivity contribution is 7.25. The minimum absolute atomic E-state index is 0.00693. The van der Waals surface area contributed by atoms with Gasteiger partial charge in [0.1, 0.15) is 0 Å². The Bertz CT molecular complexity index is 3180. The van der Waals surface area contributed by atoms with E-state index in [0.29, 0.717) is 11.1 Å². The van der Waals surface area contributed by atoms with Gasteiger partial charge in [-0.2, -0.15) is 0 Å². The van der Waals surface area contributed by atoms with Crippen LogP contribution in [0.3, 0.4) is 0 Å². The summed E-state index contributed by atoms with van der Waals surface area (Å²) in [6, 6.07) is 29.7. The summed E-state index contributed by atoms with van der Waals surface area (Å²) >= 11 is 0.857. The van der Waals surface area contributed by atoms with Crippen molar-refractivity contribution in [3.8, 4) is 67.5 Å². The molecule has 0 saturated heterocycles. The van der Waals surface area contributed by atoms with Crippen molar-refractivity contribution < 1.29 is 15.1 Å². The van der Waals surface area contributed by atoms with Crippen LogP contribution in [0.5, 0.6) is 0 Å². The number of benzene rings is 7. The van der Waals surface area contributed by atoms with Crippen molar-refractivity contribution in [2.24, 2.45) is 0 Å². The van der Waals surface area contributed by atoms with E-state index in [-0.39, 0.29) is 66.4 Å². The van der Waals surface area contributed by atoms with Gasteiger partial charge in [-0.05, 0) is 51.5 Å². The van der Waals surface area contributed by atoms with Crippen LogP contribution in [-0.2, 0) is 0 Å². The van der Waals surface area contributed by atoms with E-state index >= 15 is 0 Å². The van der Waals surface area contributed by atoms with Gasteiger partial charge in [-0.25, -0.2) is 15.0 Å². The lowest BCUT2D eigenvalue weighted by molar-refractivity contribution is 1.07. The number of nitrogens with zero attached hydrogens (tertiary/aromatic N) is 3. The molecule has 0 saturated carbocycles. The molecule has 2 aromatic heterocycles. The molecule has 4 heteroatoms. The van der Waals surface area contributed by atoms with Crippen LogP contribution in [0.15, 0.2) is 176 Å². The van der Waals surface area contributed by atoms with Gasteiger partial charge in [0.2, 0.25) is 0 Å². The van der Waals surface area contributed by atoms with Gasteiger partial charge in [-0.15, -0.1) is 11.3 Å². The summed E-state index contributed by atoms with van der Waals surface area (Å²) in [5.74, 6) is 0.347. The van der Waals surface area contributed by atoms with E-state index in [4.69, 9.17) is 18.2 Å². The molecule has 0 spiro atoms. The normalized spacial score (nSPS) is 14.4. The minimum atomic E-state index is -0.581. The Labute approximate surface area is 304 Å². The average Bonchev–Trinajstić information content (AvgIpc) is 3.70. The quantitative estimate of drug-likeness (QED) is 0.179. The Morgan fingerprint density at radius 2 is 0.857 bits per heavy atom. The first kappa shape index (κ1) is 19.6. The van der Waals surface area contributed by atoms with Crippen LogP contribution < -0.4 is 0 Å². The molecule has 0 aliphatic heterocycles. The second-order valence-electron chi connectivity index (χ2n) is 11.2. The fraction of sp³-hybridized carbons (Fsp3) is 0. The fourth-order valence-electron chi connectivity index (χ4n) is 5.63. The Morgan fingerprint density at radius 3 is 1.55 bits per heavy atom. The van der Waals surface area contributed by atoms with E-state index in [1.807, 2.05) is 72.8 Å². The molecule has 0 N–H and O–H groups in total. The third-order valence-corrected chi connectivity index (χ3v) is 9.12. The van der Waals surface area contributed by atoms with Crippen molar-refractivity contribution in [3.05, 3.63) is 176 Å². The number of aromatic nitrogens is 3. The largest absolute Gasteiger partial charge is 0.208 e. The van der Waals surface area contributed by atoms with Gasteiger partial charge in [-0.3, -0.25) is 0 Å². The SMILES string of the molecule is [2H]c1c([2H])c(-c2c([2H])c([2H])c3c(sc4c([2H])c([2H])c([2H])c([2H])c43)c2[2H])c([2H])c([2H])c1-c1nc(-c2ccccc2)nc(-c2ccc(-c3cccc(-c4ccccc4)c3)cc2)n1. The van der Waals surface area contributed by atoms with E-state index in [1.54, 1.807) is 12.1 Å². The summed E-state index contributed by atoms with van der Waals surface area (Å²) in [6.45, 7) is 0. The molecule has 7 aromatic carbocycles. The molecular formula is C45H29N3S. The zero-order chi connectivity index (χ0) is 42.1. The maximum absolute atomic E-state index is 9.21. The zero-order valence-corrected chi connectivity index (χ0v) is 26.5. The highest BCUT2D eigenvalue weighted by Crippen LogP contribution is 2.37. The van der Waals surface area contributed by atoms with Crippen molar-refractivity contribution in [2.45, 2.75) is 0 Å². The third-order valence-electron chi connectivity index (χ3n) is 8.10. The predicted octanol–water partition coefficient (Wildman–Crippen LogP) is 12.2. The molecule has 9 rings (SSSR count). The van der Waals surface area contributed by atoms with E-state index in [2.05, 4.69) is 29.2 Å². The number of rotatable bonds is 6. The lowest BCUT2D eigenvalue weighted by atomic mass is 9.98. The molecule has 2 heterocycles. The fourth-order valence-corrected chi connectivity index (χ4v) is 6.60. The first-order valence-electron chi connectivity index (χ1n) is 21.0. The first-order valence-corrected chi connectivity index (χ1v) is 16.3. The van der Waals surface area contributed by atoms with Crippen LogP contribution in [0.4, 0.5) is 0 Å². The van der Waals surface area contributed by atoms with E-state index in [9.17, 15) is 6.85 Å². The molecular weight excluding hydrogens is 615 g/mol. The highest BCUT2D eigenvalue weighted by Gasteiger charge is 2.14. The molecule has 0 amide bonds. The first-order chi connectivity index (χ1) is 28.8. The predicted molar refractivity (Wildman–Crippen MR) is 205 cm³/mol. The molecule has 3 nitrogen and oxygen atoms in total. The van der Waals surface area contributed by atoms with Crippen molar-refractivity contribution in [3.63, 3.8) is 0 Å². The van der Waals surface area contributed by atoms with Crippen molar-refractivity contribution in [1.29, 1.82) is 0 Å². The maximum atomic E-state index is 9.21. The minimum Gasteiger partial charge on any atom is -0.208 e. The van der Waals surface area contributed by atoms with Crippen LogP contribution in [-0.4, -0.2) is 15.0 Å². The van der Waals surface area contributed by atoms with Crippen molar-refractivity contribution in [1.82, 2.24) is 15.0 Å². The number of hydrogen-bond acceptors (Lipinski definition) is 4. The van der Waals surface area contributed by atoms with Gasteiger partial charge < -0.3 is 0 Å². The molecule has 49 heavy (non-hydrogen) atoms. The monoisotopic (exact) mass is 654 g/mol. The standard InChI is InChI=1S/C45H29N3S/c1-3-10-30(11-4-1)36-14-9-15-37(28-36)31-18-22-34(23-19-31)44-46-43(33-12-5-2-6-13-33)47-45(48-44)35-24-20-32(21-25-35)38-26-27-40-39-16-7-8-17-41(39)49-42(40)29-38/h1-29H/i7D,8D,16D,17D,20D,21D,24D,25D,26D,27D,29D. The molecule has 0 atom stereocenters. The van der Waals surface area contributed by atoms with Gasteiger partial charge in [0.25, 0.3) is 0 Å². The summed E-state index contributed by atoms with van der Waals surface area (Å²) in [5, 5.41) is 0.00809.